The van der Waals surface area contributed by atoms with Gasteiger partial charge >= 0.3 is 6.09 Å². The van der Waals surface area contributed by atoms with E-state index in [0.717, 1.165) is 18.4 Å². The first-order valence-electron chi connectivity index (χ1n) is 5.19. The molecule has 88 valence electrons. The van der Waals surface area contributed by atoms with Crippen LogP contribution in [0, 0.1) is 5.92 Å². The van der Waals surface area contributed by atoms with Gasteiger partial charge in [0.1, 0.15) is 5.15 Å². The molecule has 0 radical (unpaired) electrons. The SMILES string of the molecule is CCC(CNC(=O)O)Cc1ccc(Cl)nc1. The highest BCUT2D eigenvalue weighted by atomic mass is 35.5. The maximum absolute atomic E-state index is 10.4. The molecule has 0 aliphatic rings. The van der Waals surface area contributed by atoms with Crippen molar-refractivity contribution < 1.29 is 9.90 Å². The van der Waals surface area contributed by atoms with E-state index in [9.17, 15) is 4.79 Å². The lowest BCUT2D eigenvalue weighted by atomic mass is 9.98. The average Bonchev–Trinajstić information content (AvgIpc) is 2.26. The lowest BCUT2D eigenvalue weighted by Gasteiger charge is -2.14. The van der Waals surface area contributed by atoms with Crippen LogP contribution < -0.4 is 5.32 Å². The number of carbonyl (C=O) groups is 1. The van der Waals surface area contributed by atoms with Crippen molar-refractivity contribution in [3.05, 3.63) is 29.0 Å². The monoisotopic (exact) mass is 242 g/mol. The van der Waals surface area contributed by atoms with Crippen molar-refractivity contribution in [1.29, 1.82) is 0 Å². The molecule has 0 aliphatic carbocycles. The quantitative estimate of drug-likeness (QED) is 0.780. The molecular weight excluding hydrogens is 228 g/mol. The summed E-state index contributed by atoms with van der Waals surface area (Å²) in [5.41, 5.74) is 1.07. The van der Waals surface area contributed by atoms with Crippen LogP contribution in [0.3, 0.4) is 0 Å². The summed E-state index contributed by atoms with van der Waals surface area (Å²) in [7, 11) is 0. The molecule has 5 heteroatoms. The van der Waals surface area contributed by atoms with E-state index in [0.29, 0.717) is 17.6 Å². The summed E-state index contributed by atoms with van der Waals surface area (Å²) in [5.74, 6) is 0.291. The standard InChI is InChI=1S/C11H15ClN2O2/c1-2-8(6-14-11(15)16)5-9-3-4-10(12)13-7-9/h3-4,7-8,14H,2,5-6H2,1H3,(H,15,16). The Labute approximate surface area is 99.6 Å². The van der Waals surface area contributed by atoms with Crippen LogP contribution >= 0.6 is 11.6 Å². The summed E-state index contributed by atoms with van der Waals surface area (Å²) in [6.45, 7) is 2.51. The summed E-state index contributed by atoms with van der Waals surface area (Å²) in [5, 5.41) is 11.4. The minimum Gasteiger partial charge on any atom is -0.465 e. The summed E-state index contributed by atoms with van der Waals surface area (Å²) >= 11 is 5.68. The van der Waals surface area contributed by atoms with Gasteiger partial charge in [0.15, 0.2) is 0 Å². The molecule has 2 N–H and O–H groups in total. The minimum atomic E-state index is -0.979. The molecule has 1 unspecified atom stereocenters. The highest BCUT2D eigenvalue weighted by molar-refractivity contribution is 6.29. The average molecular weight is 243 g/mol. The van der Waals surface area contributed by atoms with Crippen LogP contribution in [0.1, 0.15) is 18.9 Å². The fraction of sp³-hybridized carbons (Fsp3) is 0.455. The third-order valence-electron chi connectivity index (χ3n) is 2.43. The van der Waals surface area contributed by atoms with Crippen LogP contribution in [0.15, 0.2) is 18.3 Å². The van der Waals surface area contributed by atoms with Gasteiger partial charge in [-0.1, -0.05) is 31.0 Å². The maximum Gasteiger partial charge on any atom is 0.404 e. The Hall–Kier alpha value is -1.29. The van der Waals surface area contributed by atoms with E-state index in [4.69, 9.17) is 16.7 Å². The summed E-state index contributed by atoms with van der Waals surface area (Å²) in [4.78, 5) is 14.4. The first-order chi connectivity index (χ1) is 7.61. The number of aromatic nitrogens is 1. The number of carboxylic acid groups (broad SMARTS) is 1. The van der Waals surface area contributed by atoms with Gasteiger partial charge in [0.25, 0.3) is 0 Å². The predicted octanol–water partition coefficient (Wildman–Crippen LogP) is 2.57. The normalized spacial score (nSPS) is 12.1. The van der Waals surface area contributed by atoms with Gasteiger partial charge in [-0.15, -0.1) is 0 Å². The summed E-state index contributed by atoms with van der Waals surface area (Å²) < 4.78 is 0. The largest absolute Gasteiger partial charge is 0.465 e. The molecule has 0 spiro atoms. The Kier molecular flexibility index (Phi) is 5.05. The molecule has 0 fully saturated rings. The van der Waals surface area contributed by atoms with Crippen LogP contribution in [-0.4, -0.2) is 22.7 Å². The number of nitrogens with zero attached hydrogens (tertiary/aromatic N) is 1. The molecule has 1 amide bonds. The maximum atomic E-state index is 10.4. The third kappa shape index (κ3) is 4.49. The molecule has 1 aromatic rings. The van der Waals surface area contributed by atoms with E-state index in [-0.39, 0.29) is 0 Å². The fourth-order valence-electron chi connectivity index (χ4n) is 1.45. The van der Waals surface area contributed by atoms with Crippen molar-refractivity contribution >= 4 is 17.7 Å². The number of nitrogens with one attached hydrogen (secondary N) is 1. The molecule has 1 aromatic heterocycles. The second kappa shape index (κ2) is 6.33. The van der Waals surface area contributed by atoms with E-state index >= 15 is 0 Å². The van der Waals surface area contributed by atoms with Gasteiger partial charge in [0.2, 0.25) is 0 Å². The van der Waals surface area contributed by atoms with Crippen molar-refractivity contribution in [3.8, 4) is 0 Å². The Morgan fingerprint density at radius 2 is 2.38 bits per heavy atom. The Balaban J connectivity index is 2.49. The van der Waals surface area contributed by atoms with Gasteiger partial charge in [-0.25, -0.2) is 9.78 Å². The molecular formula is C11H15ClN2O2. The number of rotatable bonds is 5. The number of halogens is 1. The molecule has 0 saturated heterocycles. The predicted molar refractivity (Wildman–Crippen MR) is 62.8 cm³/mol. The Morgan fingerprint density at radius 3 is 2.88 bits per heavy atom. The van der Waals surface area contributed by atoms with E-state index in [2.05, 4.69) is 10.3 Å². The zero-order valence-corrected chi connectivity index (χ0v) is 9.87. The summed E-state index contributed by atoms with van der Waals surface area (Å²) in [6.07, 6.45) is 2.47. The fourth-order valence-corrected chi connectivity index (χ4v) is 1.56. The zero-order chi connectivity index (χ0) is 12.0. The van der Waals surface area contributed by atoms with Gasteiger partial charge in [-0.3, -0.25) is 0 Å². The van der Waals surface area contributed by atoms with Gasteiger partial charge < -0.3 is 10.4 Å². The van der Waals surface area contributed by atoms with Crippen molar-refractivity contribution in [2.45, 2.75) is 19.8 Å². The van der Waals surface area contributed by atoms with Crippen LogP contribution in [-0.2, 0) is 6.42 Å². The smallest absolute Gasteiger partial charge is 0.404 e. The number of hydrogen-bond donors (Lipinski definition) is 2. The van der Waals surface area contributed by atoms with E-state index in [1.165, 1.54) is 0 Å². The Bertz CT molecular complexity index is 340. The van der Waals surface area contributed by atoms with Crippen molar-refractivity contribution in [1.82, 2.24) is 10.3 Å². The highest BCUT2D eigenvalue weighted by Crippen LogP contribution is 2.12. The first-order valence-corrected chi connectivity index (χ1v) is 5.56. The zero-order valence-electron chi connectivity index (χ0n) is 9.11. The third-order valence-corrected chi connectivity index (χ3v) is 2.66. The second-order valence-corrected chi connectivity index (χ2v) is 4.04. The molecule has 0 aliphatic heterocycles. The second-order valence-electron chi connectivity index (χ2n) is 3.65. The Morgan fingerprint density at radius 1 is 1.62 bits per heavy atom. The molecule has 1 atom stereocenters. The van der Waals surface area contributed by atoms with Crippen LogP contribution in [0.5, 0.6) is 0 Å². The van der Waals surface area contributed by atoms with Gasteiger partial charge in [-0.2, -0.15) is 0 Å². The molecule has 4 nitrogen and oxygen atoms in total. The molecule has 1 rings (SSSR count). The molecule has 0 saturated carbocycles. The van der Waals surface area contributed by atoms with Crippen molar-refractivity contribution in [2.24, 2.45) is 5.92 Å². The molecule has 16 heavy (non-hydrogen) atoms. The van der Waals surface area contributed by atoms with Crippen LogP contribution in [0.25, 0.3) is 0 Å². The van der Waals surface area contributed by atoms with Gasteiger partial charge in [-0.05, 0) is 24.0 Å². The molecule has 0 aromatic carbocycles. The number of pyridine rings is 1. The minimum absolute atomic E-state index is 0.291. The van der Waals surface area contributed by atoms with Crippen molar-refractivity contribution in [3.63, 3.8) is 0 Å². The van der Waals surface area contributed by atoms with E-state index in [1.807, 2.05) is 13.0 Å². The molecule has 1 heterocycles. The number of amides is 1. The van der Waals surface area contributed by atoms with Crippen LogP contribution in [0.2, 0.25) is 5.15 Å². The van der Waals surface area contributed by atoms with Crippen molar-refractivity contribution in [2.75, 3.05) is 6.54 Å². The van der Waals surface area contributed by atoms with E-state index < -0.39 is 6.09 Å². The molecule has 0 bridgehead atoms. The number of hydrogen-bond acceptors (Lipinski definition) is 2. The lowest BCUT2D eigenvalue weighted by Crippen LogP contribution is -2.28. The first kappa shape index (κ1) is 12.8. The lowest BCUT2D eigenvalue weighted by molar-refractivity contribution is 0.192. The summed E-state index contributed by atoms with van der Waals surface area (Å²) in [6, 6.07) is 3.66. The van der Waals surface area contributed by atoms with E-state index in [1.54, 1.807) is 12.3 Å². The van der Waals surface area contributed by atoms with Crippen LogP contribution in [0.4, 0.5) is 4.79 Å². The topological polar surface area (TPSA) is 62.2 Å². The van der Waals surface area contributed by atoms with Gasteiger partial charge in [0.05, 0.1) is 0 Å². The van der Waals surface area contributed by atoms with Gasteiger partial charge in [0, 0.05) is 12.7 Å². The highest BCUT2D eigenvalue weighted by Gasteiger charge is 2.09.